The van der Waals surface area contributed by atoms with Gasteiger partial charge >= 0.3 is 6.18 Å². The summed E-state index contributed by atoms with van der Waals surface area (Å²) < 4.78 is 65.0. The Morgan fingerprint density at radius 3 is 2.42 bits per heavy atom. The Labute approximate surface area is 135 Å². The van der Waals surface area contributed by atoms with Crippen molar-refractivity contribution in [2.75, 3.05) is 5.32 Å². The molecule has 1 aromatic carbocycles. The molecule has 0 aliphatic rings. The average Bonchev–Trinajstić information content (AvgIpc) is 2.46. The molecule has 0 unspecified atom stereocenters. The van der Waals surface area contributed by atoms with Gasteiger partial charge in [0, 0.05) is 19.3 Å². The van der Waals surface area contributed by atoms with E-state index in [1.807, 2.05) is 0 Å². The van der Waals surface area contributed by atoms with Crippen molar-refractivity contribution in [3.8, 4) is 0 Å². The normalized spacial score (nSPS) is 11.8. The Kier molecular flexibility index (Phi) is 4.78. The number of hydrogen-bond donors (Lipinski definition) is 2. The van der Waals surface area contributed by atoms with Crippen LogP contribution in [0, 0.1) is 0 Å². The molecule has 0 spiro atoms. The number of halogens is 3. The molecule has 2 aromatic rings. The highest BCUT2D eigenvalue weighted by Crippen LogP contribution is 2.36. The molecule has 0 radical (unpaired) electrons. The maximum absolute atomic E-state index is 13.0. The van der Waals surface area contributed by atoms with Crippen LogP contribution < -0.4 is 10.0 Å². The predicted molar refractivity (Wildman–Crippen MR) is 80.0 cm³/mol. The average molecular weight is 359 g/mol. The first-order valence-corrected chi connectivity index (χ1v) is 8.00. The summed E-state index contributed by atoms with van der Waals surface area (Å²) in [6, 6.07) is 5.82. The third-order valence-electron chi connectivity index (χ3n) is 2.85. The smallest absolute Gasteiger partial charge is 0.354 e. The van der Waals surface area contributed by atoms with Gasteiger partial charge in [0.1, 0.15) is 4.90 Å². The molecule has 0 saturated heterocycles. The van der Waals surface area contributed by atoms with Gasteiger partial charge in [-0.15, -0.1) is 0 Å². The second-order valence-corrected chi connectivity index (χ2v) is 6.35. The predicted octanol–water partition coefficient (Wildman–Crippen LogP) is 2.67. The fourth-order valence-electron chi connectivity index (χ4n) is 1.93. The van der Waals surface area contributed by atoms with E-state index in [-0.39, 0.29) is 11.4 Å². The third kappa shape index (κ3) is 4.02. The molecule has 24 heavy (non-hydrogen) atoms. The zero-order chi connectivity index (χ0) is 18.0. The van der Waals surface area contributed by atoms with E-state index in [1.54, 1.807) is 4.72 Å². The van der Waals surface area contributed by atoms with Gasteiger partial charge < -0.3 is 5.32 Å². The molecule has 0 aliphatic heterocycles. The summed E-state index contributed by atoms with van der Waals surface area (Å²) in [5.41, 5.74) is -1.42. The minimum Gasteiger partial charge on any atom is -0.354 e. The second-order valence-electron chi connectivity index (χ2n) is 4.70. The summed E-state index contributed by atoms with van der Waals surface area (Å²) in [6.07, 6.45) is -2.47. The SMILES string of the molecule is CC(=O)NS(=O)(=O)c1cnccc1Nc1ccccc1C(F)(F)F. The topological polar surface area (TPSA) is 88.2 Å². The largest absolute Gasteiger partial charge is 0.418 e. The summed E-state index contributed by atoms with van der Waals surface area (Å²) in [6.45, 7) is 1.000. The van der Waals surface area contributed by atoms with Gasteiger partial charge in [-0.3, -0.25) is 9.78 Å². The van der Waals surface area contributed by atoms with E-state index < -0.39 is 32.6 Å². The lowest BCUT2D eigenvalue weighted by atomic mass is 10.1. The Bertz CT molecular complexity index is 867. The van der Waals surface area contributed by atoms with Crippen LogP contribution in [0.2, 0.25) is 0 Å². The Hall–Kier alpha value is -2.62. The van der Waals surface area contributed by atoms with Crippen LogP contribution >= 0.6 is 0 Å². The first kappa shape index (κ1) is 17.7. The lowest BCUT2D eigenvalue weighted by molar-refractivity contribution is -0.137. The number of alkyl halides is 3. The maximum Gasteiger partial charge on any atom is 0.418 e. The number of aromatic nitrogens is 1. The van der Waals surface area contributed by atoms with Crippen LogP contribution in [0.3, 0.4) is 0 Å². The van der Waals surface area contributed by atoms with Gasteiger partial charge in [0.05, 0.1) is 16.9 Å². The molecule has 0 atom stereocenters. The van der Waals surface area contributed by atoms with Crippen molar-refractivity contribution in [2.24, 2.45) is 0 Å². The van der Waals surface area contributed by atoms with Crippen LogP contribution in [-0.4, -0.2) is 19.3 Å². The third-order valence-corrected chi connectivity index (χ3v) is 4.31. The van der Waals surface area contributed by atoms with E-state index in [9.17, 15) is 26.4 Å². The lowest BCUT2D eigenvalue weighted by Crippen LogP contribution is -2.28. The number of pyridine rings is 1. The van der Waals surface area contributed by atoms with Gasteiger partial charge in [-0.2, -0.15) is 13.2 Å². The van der Waals surface area contributed by atoms with E-state index in [0.717, 1.165) is 25.3 Å². The Morgan fingerprint density at radius 1 is 1.12 bits per heavy atom. The van der Waals surface area contributed by atoms with Crippen molar-refractivity contribution in [1.82, 2.24) is 9.71 Å². The minimum absolute atomic E-state index is 0.143. The fourth-order valence-corrected chi connectivity index (χ4v) is 3.02. The highest BCUT2D eigenvalue weighted by Gasteiger charge is 2.33. The molecule has 0 saturated carbocycles. The van der Waals surface area contributed by atoms with E-state index in [2.05, 4.69) is 10.3 Å². The zero-order valence-electron chi connectivity index (χ0n) is 12.3. The zero-order valence-corrected chi connectivity index (χ0v) is 13.1. The molecule has 2 rings (SSSR count). The Balaban J connectivity index is 2.49. The second kappa shape index (κ2) is 6.48. The summed E-state index contributed by atoms with van der Waals surface area (Å²) in [7, 11) is -4.26. The van der Waals surface area contributed by atoms with Gasteiger partial charge in [0.2, 0.25) is 5.91 Å². The number of anilines is 2. The van der Waals surface area contributed by atoms with Crippen LogP contribution in [-0.2, 0) is 21.0 Å². The first-order valence-electron chi connectivity index (χ1n) is 6.52. The van der Waals surface area contributed by atoms with Gasteiger partial charge in [0.25, 0.3) is 10.0 Å². The van der Waals surface area contributed by atoms with Gasteiger partial charge in [-0.1, -0.05) is 12.1 Å². The molecule has 128 valence electrons. The van der Waals surface area contributed by atoms with E-state index in [4.69, 9.17) is 0 Å². The number of carbonyl (C=O) groups is 1. The van der Waals surface area contributed by atoms with Crippen LogP contribution in [0.5, 0.6) is 0 Å². The first-order chi connectivity index (χ1) is 11.1. The molecule has 1 aromatic heterocycles. The van der Waals surface area contributed by atoms with Crippen LogP contribution in [0.25, 0.3) is 0 Å². The minimum atomic E-state index is -4.62. The highest BCUT2D eigenvalue weighted by molar-refractivity contribution is 7.90. The van der Waals surface area contributed by atoms with Crippen molar-refractivity contribution < 1.29 is 26.4 Å². The van der Waals surface area contributed by atoms with Crippen LogP contribution in [0.15, 0.2) is 47.6 Å². The lowest BCUT2D eigenvalue weighted by Gasteiger charge is -2.16. The summed E-state index contributed by atoms with van der Waals surface area (Å²) >= 11 is 0. The highest BCUT2D eigenvalue weighted by atomic mass is 32.2. The number of sulfonamides is 1. The van der Waals surface area contributed by atoms with Crippen LogP contribution in [0.4, 0.5) is 24.5 Å². The van der Waals surface area contributed by atoms with Crippen molar-refractivity contribution in [3.63, 3.8) is 0 Å². The molecule has 1 heterocycles. The number of para-hydroxylation sites is 1. The van der Waals surface area contributed by atoms with Gasteiger partial charge in [0.15, 0.2) is 0 Å². The maximum atomic E-state index is 13.0. The summed E-state index contributed by atoms with van der Waals surface area (Å²) in [5.74, 6) is -0.833. The molecule has 1 amide bonds. The summed E-state index contributed by atoms with van der Waals surface area (Å²) in [4.78, 5) is 14.2. The number of nitrogens with zero attached hydrogens (tertiary/aromatic N) is 1. The molecule has 0 bridgehead atoms. The van der Waals surface area contributed by atoms with Crippen molar-refractivity contribution in [1.29, 1.82) is 0 Å². The number of carbonyl (C=O) groups excluding carboxylic acids is 1. The van der Waals surface area contributed by atoms with Crippen LogP contribution in [0.1, 0.15) is 12.5 Å². The number of nitrogens with one attached hydrogen (secondary N) is 2. The molecule has 0 aliphatic carbocycles. The van der Waals surface area contributed by atoms with E-state index in [0.29, 0.717) is 0 Å². The number of benzene rings is 1. The fraction of sp³-hybridized carbons (Fsp3) is 0.143. The quantitative estimate of drug-likeness (QED) is 0.876. The van der Waals surface area contributed by atoms with Crippen molar-refractivity contribution in [3.05, 3.63) is 48.3 Å². The molecule has 0 fully saturated rings. The van der Waals surface area contributed by atoms with E-state index in [1.165, 1.54) is 24.4 Å². The standard InChI is InChI=1S/C14H12F3N3O3S/c1-9(21)20-24(22,23)13-8-18-7-6-12(13)19-11-5-3-2-4-10(11)14(15,16)17/h2-8H,1H3,(H,18,19)(H,20,21). The monoisotopic (exact) mass is 359 g/mol. The van der Waals surface area contributed by atoms with Gasteiger partial charge in [-0.05, 0) is 18.2 Å². The van der Waals surface area contributed by atoms with Crippen molar-refractivity contribution in [2.45, 2.75) is 18.0 Å². The summed E-state index contributed by atoms with van der Waals surface area (Å²) in [5, 5.41) is 2.44. The van der Waals surface area contributed by atoms with Gasteiger partial charge in [-0.25, -0.2) is 13.1 Å². The molecule has 10 heteroatoms. The number of rotatable bonds is 4. The molecule has 6 nitrogen and oxygen atoms in total. The molecular weight excluding hydrogens is 347 g/mol. The Morgan fingerprint density at radius 2 is 1.79 bits per heavy atom. The molecular formula is C14H12F3N3O3S. The van der Waals surface area contributed by atoms with E-state index >= 15 is 0 Å². The van der Waals surface area contributed by atoms with Crippen molar-refractivity contribution >= 4 is 27.3 Å². The number of amides is 1. The molecule has 2 N–H and O–H groups in total. The number of hydrogen-bond acceptors (Lipinski definition) is 5.